The molecular weight excluding hydrogens is 198 g/mol. The lowest BCUT2D eigenvalue weighted by Gasteiger charge is -2.00. The summed E-state index contributed by atoms with van der Waals surface area (Å²) in [5, 5.41) is 10.00. The zero-order valence-electron chi connectivity index (χ0n) is 7.08. The number of benzene rings is 1. The number of aromatic nitrogens is 1. The fraction of sp³-hybridized carbons (Fsp3) is 0. The number of rotatable bonds is 0. The van der Waals surface area contributed by atoms with E-state index in [1.165, 1.54) is 0 Å². The van der Waals surface area contributed by atoms with Crippen LogP contribution in [0.2, 0.25) is 5.02 Å². The van der Waals surface area contributed by atoms with Crippen molar-refractivity contribution in [1.82, 2.24) is 4.98 Å². The molecule has 4 heteroatoms. The molecule has 67 valence electrons. The second kappa shape index (κ2) is 3.17. The number of fused-ring (bicyclic) bond motifs is 1. The van der Waals surface area contributed by atoms with Crippen LogP contribution in [0.25, 0.3) is 10.9 Å². The summed E-state index contributed by atoms with van der Waals surface area (Å²) in [6.45, 7) is 0. The molecule has 2 aromatic rings. The summed E-state index contributed by atoms with van der Waals surface area (Å²) in [5.41, 5.74) is 6.47. The first kappa shape index (κ1) is 8.79. The maximum absolute atomic E-state index is 8.71. The van der Waals surface area contributed by atoms with Crippen LogP contribution < -0.4 is 5.73 Å². The Labute approximate surface area is 85.7 Å². The maximum Gasteiger partial charge on any atom is 0.142 e. The Kier molecular flexibility index (Phi) is 1.99. The molecule has 0 fully saturated rings. The van der Waals surface area contributed by atoms with Gasteiger partial charge in [0.2, 0.25) is 0 Å². The Hall–Kier alpha value is -1.79. The monoisotopic (exact) mass is 202 g/mol. The van der Waals surface area contributed by atoms with Gasteiger partial charge in [-0.2, -0.15) is 5.26 Å². The summed E-state index contributed by atoms with van der Waals surface area (Å²) in [4.78, 5) is 4.05. The highest BCUT2D eigenvalue weighted by molar-refractivity contribution is 6.31. The van der Waals surface area contributed by atoms with Crippen molar-refractivity contribution in [2.45, 2.75) is 0 Å². The Morgan fingerprint density at radius 2 is 2.29 bits per heavy atom. The van der Waals surface area contributed by atoms with E-state index in [2.05, 4.69) is 11.1 Å². The lowest BCUT2D eigenvalue weighted by molar-refractivity contribution is 1.37. The molecule has 0 saturated carbocycles. The molecule has 3 nitrogen and oxygen atoms in total. The number of halogens is 1. The zero-order chi connectivity index (χ0) is 10.1. The molecule has 0 amide bonds. The predicted octanol–water partition coefficient (Wildman–Crippen LogP) is 2.14. The molecule has 0 aliphatic heterocycles. The largest absolute Gasteiger partial charge is 0.383 e. The van der Waals surface area contributed by atoms with E-state index >= 15 is 0 Å². The Morgan fingerprint density at radius 1 is 1.50 bits per heavy atom. The van der Waals surface area contributed by atoms with E-state index in [0.717, 1.165) is 0 Å². The highest BCUT2D eigenvalue weighted by Gasteiger charge is 2.03. The van der Waals surface area contributed by atoms with Gasteiger partial charge in [-0.05, 0) is 18.2 Å². The van der Waals surface area contributed by atoms with E-state index in [1.807, 2.05) is 6.07 Å². The molecule has 0 atom stereocenters. The Morgan fingerprint density at radius 3 is 3.00 bits per heavy atom. The van der Waals surface area contributed by atoms with E-state index in [4.69, 9.17) is 22.6 Å². The van der Waals surface area contributed by atoms with Gasteiger partial charge in [-0.25, -0.2) is 4.98 Å². The third kappa shape index (κ3) is 1.36. The second-order valence-electron chi connectivity index (χ2n) is 2.77. The summed E-state index contributed by atoms with van der Waals surface area (Å²) >= 11 is 5.79. The highest BCUT2D eigenvalue weighted by atomic mass is 35.5. The van der Waals surface area contributed by atoms with Gasteiger partial charge in [-0.1, -0.05) is 11.6 Å². The van der Waals surface area contributed by atoms with Crippen LogP contribution in [0, 0.1) is 17.4 Å². The van der Waals surface area contributed by atoms with Crippen LogP contribution in [0.4, 0.5) is 5.82 Å². The van der Waals surface area contributed by atoms with Gasteiger partial charge < -0.3 is 5.73 Å². The average Bonchev–Trinajstić information content (AvgIpc) is 2.17. The Balaban J connectivity index is 2.82. The van der Waals surface area contributed by atoms with Crippen LogP contribution in [0.5, 0.6) is 0 Å². The molecular formula is C10H5ClN3. The van der Waals surface area contributed by atoms with Crippen molar-refractivity contribution < 1.29 is 0 Å². The predicted molar refractivity (Wildman–Crippen MR) is 54.7 cm³/mol. The molecule has 2 rings (SSSR count). The van der Waals surface area contributed by atoms with Crippen LogP contribution in [0.1, 0.15) is 5.56 Å². The Bertz CT molecular complexity index is 543. The first-order valence-corrected chi connectivity index (χ1v) is 4.26. The fourth-order valence-corrected chi connectivity index (χ4v) is 1.35. The van der Waals surface area contributed by atoms with E-state index in [1.54, 1.807) is 18.2 Å². The number of hydrogen-bond acceptors (Lipinski definition) is 3. The van der Waals surface area contributed by atoms with E-state index in [0.29, 0.717) is 15.9 Å². The molecule has 0 aliphatic rings. The van der Waals surface area contributed by atoms with Crippen molar-refractivity contribution >= 4 is 28.3 Å². The summed E-state index contributed by atoms with van der Waals surface area (Å²) in [7, 11) is 0. The van der Waals surface area contributed by atoms with Gasteiger partial charge in [-0.3, -0.25) is 0 Å². The van der Waals surface area contributed by atoms with Crippen molar-refractivity contribution in [2.75, 3.05) is 5.73 Å². The summed E-state index contributed by atoms with van der Waals surface area (Å²) in [6, 6.07) is 9.93. The summed E-state index contributed by atoms with van der Waals surface area (Å²) in [6.07, 6.45) is 0. The first-order valence-electron chi connectivity index (χ1n) is 3.89. The molecule has 14 heavy (non-hydrogen) atoms. The summed E-state index contributed by atoms with van der Waals surface area (Å²) in [5.74, 6) is 0.197. The SMILES string of the molecule is N#Cc1[c]c2cc(Cl)ccc2nc1N. The number of pyridine rings is 1. The third-order valence-corrected chi connectivity index (χ3v) is 2.06. The second-order valence-corrected chi connectivity index (χ2v) is 3.21. The lowest BCUT2D eigenvalue weighted by Crippen LogP contribution is -1.95. The van der Waals surface area contributed by atoms with Crippen molar-refractivity contribution in [3.8, 4) is 6.07 Å². The number of hydrogen-bond donors (Lipinski definition) is 1. The minimum absolute atomic E-state index is 0.197. The van der Waals surface area contributed by atoms with Crippen LogP contribution in [0.3, 0.4) is 0 Å². The molecule has 0 unspecified atom stereocenters. The zero-order valence-corrected chi connectivity index (χ0v) is 7.84. The molecule has 2 N–H and O–H groups in total. The van der Waals surface area contributed by atoms with Gasteiger partial charge in [0.25, 0.3) is 0 Å². The van der Waals surface area contributed by atoms with Gasteiger partial charge in [0.1, 0.15) is 17.5 Å². The minimum Gasteiger partial charge on any atom is -0.383 e. The third-order valence-electron chi connectivity index (χ3n) is 1.83. The van der Waals surface area contributed by atoms with Crippen molar-refractivity contribution in [3.05, 3.63) is 34.9 Å². The fourth-order valence-electron chi connectivity index (χ4n) is 1.18. The number of anilines is 1. The van der Waals surface area contributed by atoms with Crippen molar-refractivity contribution in [1.29, 1.82) is 5.26 Å². The number of nitrogen functional groups attached to an aromatic ring is 1. The average molecular weight is 203 g/mol. The summed E-state index contributed by atoms with van der Waals surface area (Å²) < 4.78 is 0. The topological polar surface area (TPSA) is 62.7 Å². The van der Waals surface area contributed by atoms with E-state index in [9.17, 15) is 0 Å². The van der Waals surface area contributed by atoms with Crippen LogP contribution >= 0.6 is 11.6 Å². The van der Waals surface area contributed by atoms with Crippen LogP contribution in [-0.4, -0.2) is 4.98 Å². The molecule has 1 aromatic carbocycles. The van der Waals surface area contributed by atoms with Crippen molar-refractivity contribution in [3.63, 3.8) is 0 Å². The van der Waals surface area contributed by atoms with Gasteiger partial charge in [0, 0.05) is 16.5 Å². The van der Waals surface area contributed by atoms with Gasteiger partial charge in [0.05, 0.1) is 5.52 Å². The molecule has 1 aromatic heterocycles. The van der Waals surface area contributed by atoms with Gasteiger partial charge in [0.15, 0.2) is 0 Å². The van der Waals surface area contributed by atoms with Gasteiger partial charge >= 0.3 is 0 Å². The standard InChI is InChI=1S/C10H5ClN3/c11-8-1-2-9-6(4-8)3-7(5-12)10(13)14-9/h1-2,4H,(H2,13,14). The van der Waals surface area contributed by atoms with Gasteiger partial charge in [-0.15, -0.1) is 0 Å². The molecule has 0 saturated heterocycles. The number of nitrogens with zero attached hydrogens (tertiary/aromatic N) is 2. The molecule has 1 heterocycles. The smallest absolute Gasteiger partial charge is 0.142 e. The molecule has 0 bridgehead atoms. The van der Waals surface area contributed by atoms with Crippen LogP contribution in [-0.2, 0) is 0 Å². The van der Waals surface area contributed by atoms with E-state index in [-0.39, 0.29) is 11.4 Å². The van der Waals surface area contributed by atoms with E-state index < -0.39 is 0 Å². The lowest BCUT2D eigenvalue weighted by atomic mass is 10.1. The molecule has 0 aliphatic carbocycles. The molecule has 1 radical (unpaired) electrons. The first-order chi connectivity index (χ1) is 6.70. The molecule has 0 spiro atoms. The minimum atomic E-state index is 0.197. The number of nitrogens with two attached hydrogens (primary N) is 1. The normalized spacial score (nSPS) is 10.0. The maximum atomic E-state index is 8.71. The highest BCUT2D eigenvalue weighted by Crippen LogP contribution is 2.20. The van der Waals surface area contributed by atoms with Crippen LogP contribution in [0.15, 0.2) is 18.2 Å². The number of nitriles is 1. The quantitative estimate of drug-likeness (QED) is 0.712. The van der Waals surface area contributed by atoms with Crippen molar-refractivity contribution in [2.24, 2.45) is 0 Å².